The summed E-state index contributed by atoms with van der Waals surface area (Å²) in [6, 6.07) is 13.1. The van der Waals surface area contributed by atoms with Gasteiger partial charge in [-0.05, 0) is 30.5 Å². The van der Waals surface area contributed by atoms with Crippen molar-refractivity contribution in [1.82, 2.24) is 4.98 Å². The Hall–Kier alpha value is -2.36. The van der Waals surface area contributed by atoms with Crippen LogP contribution in [0.15, 0.2) is 48.7 Å². The van der Waals surface area contributed by atoms with Gasteiger partial charge in [-0.15, -0.1) is 0 Å². The van der Waals surface area contributed by atoms with Gasteiger partial charge in [-0.2, -0.15) is 0 Å². The SMILES string of the molecule is CCCCOc1ccc(C(=O)OC(CC)c2ccccc2)nc1. The third-order valence-electron chi connectivity index (χ3n) is 3.50. The largest absolute Gasteiger partial charge is 0.492 e. The van der Waals surface area contributed by atoms with Crippen LogP contribution in [0.3, 0.4) is 0 Å². The van der Waals surface area contributed by atoms with Gasteiger partial charge in [0.05, 0.1) is 12.8 Å². The summed E-state index contributed by atoms with van der Waals surface area (Å²) in [5.74, 6) is 0.255. The number of hydrogen-bond donors (Lipinski definition) is 0. The van der Waals surface area contributed by atoms with E-state index in [2.05, 4.69) is 11.9 Å². The molecule has 0 saturated carbocycles. The zero-order valence-electron chi connectivity index (χ0n) is 13.7. The second kappa shape index (κ2) is 8.93. The van der Waals surface area contributed by atoms with Crippen LogP contribution in [-0.4, -0.2) is 17.6 Å². The lowest BCUT2D eigenvalue weighted by molar-refractivity contribution is 0.0281. The predicted molar refractivity (Wildman–Crippen MR) is 89.5 cm³/mol. The normalized spacial score (nSPS) is 11.7. The molecule has 1 heterocycles. The van der Waals surface area contributed by atoms with Crippen molar-refractivity contribution in [2.75, 3.05) is 6.61 Å². The van der Waals surface area contributed by atoms with Crippen molar-refractivity contribution in [3.8, 4) is 5.75 Å². The minimum atomic E-state index is -0.416. The Balaban J connectivity index is 1.97. The number of carbonyl (C=O) groups is 1. The molecule has 0 spiro atoms. The van der Waals surface area contributed by atoms with Crippen molar-refractivity contribution in [3.05, 3.63) is 59.9 Å². The third kappa shape index (κ3) is 5.09. The summed E-state index contributed by atoms with van der Waals surface area (Å²) >= 11 is 0. The number of pyridine rings is 1. The summed E-state index contributed by atoms with van der Waals surface area (Å²) in [4.78, 5) is 16.4. The van der Waals surface area contributed by atoms with E-state index in [1.54, 1.807) is 18.3 Å². The van der Waals surface area contributed by atoms with Gasteiger partial charge in [0.25, 0.3) is 0 Å². The molecule has 4 nitrogen and oxygen atoms in total. The van der Waals surface area contributed by atoms with E-state index < -0.39 is 5.97 Å². The van der Waals surface area contributed by atoms with E-state index in [1.165, 1.54) is 0 Å². The number of benzene rings is 1. The van der Waals surface area contributed by atoms with Crippen molar-refractivity contribution in [2.24, 2.45) is 0 Å². The van der Waals surface area contributed by atoms with Gasteiger partial charge in [-0.3, -0.25) is 0 Å². The quantitative estimate of drug-likeness (QED) is 0.529. The molecule has 1 atom stereocenters. The lowest BCUT2D eigenvalue weighted by atomic mass is 10.1. The molecule has 0 fully saturated rings. The topological polar surface area (TPSA) is 48.4 Å². The lowest BCUT2D eigenvalue weighted by Gasteiger charge is -2.16. The Kier molecular flexibility index (Phi) is 6.60. The molecule has 23 heavy (non-hydrogen) atoms. The van der Waals surface area contributed by atoms with E-state index in [4.69, 9.17) is 9.47 Å². The Morgan fingerprint density at radius 2 is 1.91 bits per heavy atom. The summed E-state index contributed by atoms with van der Waals surface area (Å²) < 4.78 is 11.1. The van der Waals surface area contributed by atoms with Gasteiger partial charge in [0, 0.05) is 0 Å². The molecule has 0 amide bonds. The highest BCUT2D eigenvalue weighted by Crippen LogP contribution is 2.22. The first-order chi connectivity index (χ1) is 11.2. The summed E-state index contributed by atoms with van der Waals surface area (Å²) in [5.41, 5.74) is 1.28. The molecule has 122 valence electrons. The summed E-state index contributed by atoms with van der Waals surface area (Å²) in [6.45, 7) is 4.76. The first kappa shape index (κ1) is 17.0. The van der Waals surface area contributed by atoms with E-state index in [0.717, 1.165) is 18.4 Å². The van der Waals surface area contributed by atoms with E-state index in [1.807, 2.05) is 37.3 Å². The van der Waals surface area contributed by atoms with Crippen LogP contribution in [0.2, 0.25) is 0 Å². The molecule has 0 aliphatic heterocycles. The van der Waals surface area contributed by atoms with Crippen LogP contribution in [0.25, 0.3) is 0 Å². The zero-order valence-corrected chi connectivity index (χ0v) is 13.7. The number of nitrogens with zero attached hydrogens (tertiary/aromatic N) is 1. The first-order valence-electron chi connectivity index (χ1n) is 8.09. The molecule has 1 aromatic heterocycles. The molecule has 2 rings (SSSR count). The minimum Gasteiger partial charge on any atom is -0.492 e. The number of ether oxygens (including phenoxy) is 2. The molecule has 0 bridgehead atoms. The van der Waals surface area contributed by atoms with Gasteiger partial charge in [0.1, 0.15) is 17.5 Å². The summed E-state index contributed by atoms with van der Waals surface area (Å²) in [5, 5.41) is 0. The standard InChI is InChI=1S/C19H23NO3/c1-3-5-13-22-16-11-12-17(20-14-16)19(21)23-18(4-2)15-9-7-6-8-10-15/h6-12,14,18H,3-5,13H2,1-2H3. The maximum Gasteiger partial charge on any atom is 0.357 e. The third-order valence-corrected chi connectivity index (χ3v) is 3.50. The molecule has 0 aliphatic carbocycles. The molecule has 0 radical (unpaired) electrons. The van der Waals surface area contributed by atoms with Crippen LogP contribution < -0.4 is 4.74 Å². The van der Waals surface area contributed by atoms with Gasteiger partial charge in [0.2, 0.25) is 0 Å². The average Bonchev–Trinajstić information content (AvgIpc) is 2.61. The van der Waals surface area contributed by atoms with Crippen molar-refractivity contribution >= 4 is 5.97 Å². The van der Waals surface area contributed by atoms with Crippen molar-refractivity contribution in [2.45, 2.75) is 39.2 Å². The second-order valence-corrected chi connectivity index (χ2v) is 5.29. The predicted octanol–water partition coefficient (Wildman–Crippen LogP) is 4.57. The van der Waals surface area contributed by atoms with Gasteiger partial charge in [0.15, 0.2) is 0 Å². The second-order valence-electron chi connectivity index (χ2n) is 5.29. The number of aromatic nitrogens is 1. The highest BCUT2D eigenvalue weighted by molar-refractivity contribution is 5.87. The number of esters is 1. The molecule has 1 aromatic carbocycles. The molecule has 2 aromatic rings. The maximum atomic E-state index is 12.2. The number of carbonyl (C=O) groups excluding carboxylic acids is 1. The Morgan fingerprint density at radius 3 is 2.52 bits per heavy atom. The molecule has 0 aliphatic rings. The number of rotatable bonds is 8. The molecule has 0 N–H and O–H groups in total. The van der Waals surface area contributed by atoms with E-state index in [0.29, 0.717) is 24.5 Å². The van der Waals surface area contributed by atoms with Crippen molar-refractivity contribution in [3.63, 3.8) is 0 Å². The highest BCUT2D eigenvalue weighted by atomic mass is 16.5. The maximum absolute atomic E-state index is 12.2. The Morgan fingerprint density at radius 1 is 1.13 bits per heavy atom. The van der Waals surface area contributed by atoms with Crippen molar-refractivity contribution in [1.29, 1.82) is 0 Å². The van der Waals surface area contributed by atoms with E-state index >= 15 is 0 Å². The van der Waals surface area contributed by atoms with Crippen LogP contribution in [-0.2, 0) is 4.74 Å². The van der Waals surface area contributed by atoms with Crippen LogP contribution in [0.1, 0.15) is 55.3 Å². The highest BCUT2D eigenvalue weighted by Gasteiger charge is 2.17. The fourth-order valence-electron chi connectivity index (χ4n) is 2.17. The van der Waals surface area contributed by atoms with Gasteiger partial charge in [-0.1, -0.05) is 50.6 Å². The molecule has 4 heteroatoms. The lowest BCUT2D eigenvalue weighted by Crippen LogP contribution is -2.12. The van der Waals surface area contributed by atoms with Crippen LogP contribution >= 0.6 is 0 Å². The average molecular weight is 313 g/mol. The van der Waals surface area contributed by atoms with Crippen LogP contribution in [0, 0.1) is 0 Å². The van der Waals surface area contributed by atoms with Gasteiger partial charge >= 0.3 is 5.97 Å². The first-order valence-corrected chi connectivity index (χ1v) is 8.09. The van der Waals surface area contributed by atoms with E-state index in [-0.39, 0.29) is 6.10 Å². The minimum absolute atomic E-state index is 0.258. The van der Waals surface area contributed by atoms with Crippen LogP contribution in [0.4, 0.5) is 0 Å². The molecular weight excluding hydrogens is 290 g/mol. The fraction of sp³-hybridized carbons (Fsp3) is 0.368. The fourth-order valence-corrected chi connectivity index (χ4v) is 2.17. The van der Waals surface area contributed by atoms with Gasteiger partial charge in [-0.25, -0.2) is 9.78 Å². The molecular formula is C19H23NO3. The van der Waals surface area contributed by atoms with Crippen LogP contribution in [0.5, 0.6) is 5.75 Å². The van der Waals surface area contributed by atoms with Gasteiger partial charge < -0.3 is 9.47 Å². The number of hydrogen-bond acceptors (Lipinski definition) is 4. The van der Waals surface area contributed by atoms with E-state index in [9.17, 15) is 4.79 Å². The Bertz CT molecular complexity index is 596. The van der Waals surface area contributed by atoms with Crippen molar-refractivity contribution < 1.29 is 14.3 Å². The number of unbranched alkanes of at least 4 members (excludes halogenated alkanes) is 1. The molecule has 0 saturated heterocycles. The Labute approximate surface area is 137 Å². The smallest absolute Gasteiger partial charge is 0.357 e. The molecule has 1 unspecified atom stereocenters. The monoisotopic (exact) mass is 313 g/mol. The zero-order chi connectivity index (χ0) is 16.5. The summed E-state index contributed by atoms with van der Waals surface area (Å²) in [7, 11) is 0. The summed E-state index contributed by atoms with van der Waals surface area (Å²) in [6.07, 6.45) is 4.10.